The van der Waals surface area contributed by atoms with Crippen molar-refractivity contribution in [3.8, 4) is 5.75 Å². The quantitative estimate of drug-likeness (QED) is 0.220. The molecule has 3 aromatic rings. The molecule has 0 aliphatic carbocycles. The van der Waals surface area contributed by atoms with Gasteiger partial charge in [0.15, 0.2) is 0 Å². The molecule has 0 aromatic heterocycles. The minimum absolute atomic E-state index is 0.0321. The fourth-order valence-corrected chi connectivity index (χ4v) is 3.63. The van der Waals surface area contributed by atoms with Crippen LogP contribution in [0.2, 0.25) is 0 Å². The van der Waals surface area contributed by atoms with Gasteiger partial charge in [-0.3, -0.25) is 9.59 Å². The first-order valence-corrected chi connectivity index (χ1v) is 12.1. The van der Waals surface area contributed by atoms with Crippen molar-refractivity contribution < 1.29 is 14.7 Å². The number of anilines is 2. The van der Waals surface area contributed by atoms with Crippen LogP contribution in [0.15, 0.2) is 83.6 Å². The molecule has 0 bridgehead atoms. The molecule has 8 heteroatoms. The minimum Gasteiger partial charge on any atom is -0.507 e. The number of nitrogens with one attached hydrogen (secondary N) is 2. The zero-order valence-electron chi connectivity index (χ0n) is 21.6. The Labute approximate surface area is 217 Å². The van der Waals surface area contributed by atoms with E-state index in [2.05, 4.69) is 20.7 Å². The van der Waals surface area contributed by atoms with Crippen LogP contribution in [0.3, 0.4) is 0 Å². The predicted octanol–water partition coefficient (Wildman–Crippen LogP) is 4.23. The number of hydrazone groups is 1. The van der Waals surface area contributed by atoms with Crippen molar-refractivity contribution in [1.29, 1.82) is 0 Å². The Morgan fingerprint density at radius 2 is 1.57 bits per heavy atom. The number of aromatic hydroxyl groups is 1. The van der Waals surface area contributed by atoms with Crippen LogP contribution in [0.1, 0.15) is 35.3 Å². The molecule has 0 saturated heterocycles. The van der Waals surface area contributed by atoms with Crippen molar-refractivity contribution in [3.63, 3.8) is 0 Å². The highest BCUT2D eigenvalue weighted by atomic mass is 16.3. The fraction of sp³-hybridized carbons (Fsp3) is 0.207. The normalized spacial score (nSPS) is 11.3. The number of benzene rings is 3. The molecular formula is C29H33N5O3. The second-order valence-corrected chi connectivity index (χ2v) is 8.48. The van der Waals surface area contributed by atoms with Gasteiger partial charge >= 0.3 is 0 Å². The van der Waals surface area contributed by atoms with Gasteiger partial charge in [0.2, 0.25) is 0 Å². The van der Waals surface area contributed by atoms with Crippen LogP contribution in [0.25, 0.3) is 6.08 Å². The maximum absolute atomic E-state index is 13.0. The van der Waals surface area contributed by atoms with E-state index in [0.717, 1.165) is 30.0 Å². The van der Waals surface area contributed by atoms with Crippen molar-refractivity contribution in [1.82, 2.24) is 10.7 Å². The van der Waals surface area contributed by atoms with E-state index in [0.29, 0.717) is 11.1 Å². The van der Waals surface area contributed by atoms with E-state index in [9.17, 15) is 14.7 Å². The van der Waals surface area contributed by atoms with Crippen molar-refractivity contribution >= 4 is 35.5 Å². The lowest BCUT2D eigenvalue weighted by molar-refractivity contribution is -0.117. The lowest BCUT2D eigenvalue weighted by Crippen LogP contribution is -2.32. The smallest absolute Gasteiger partial charge is 0.287 e. The SMILES string of the molecule is CCN(CC)c1ccc(/C=N/NC(=O)C(=Cc2ccc(N(C)C)cc2)NC(=O)c2ccccc2)c(O)c1. The third kappa shape index (κ3) is 7.44. The molecule has 0 aliphatic rings. The number of carbonyl (C=O) groups excluding carboxylic acids is 2. The standard InChI is InChI=1S/C29H33N5O3/c1-5-34(6-2)25-17-14-23(27(35)19-25)20-30-32-29(37)26(31-28(36)22-10-8-7-9-11-22)18-21-12-15-24(16-13-21)33(3)4/h7-20,35H,5-6H2,1-4H3,(H,31,36)(H,32,37)/b26-18?,30-20+. The molecule has 2 amide bonds. The van der Waals surface area contributed by atoms with E-state index in [1.54, 1.807) is 42.5 Å². The third-order valence-electron chi connectivity index (χ3n) is 5.76. The number of hydrogen-bond donors (Lipinski definition) is 3. The Bertz CT molecular complexity index is 1260. The minimum atomic E-state index is -0.600. The Morgan fingerprint density at radius 3 is 2.16 bits per heavy atom. The van der Waals surface area contributed by atoms with Crippen LogP contribution in [-0.2, 0) is 4.79 Å². The predicted molar refractivity (Wildman–Crippen MR) is 150 cm³/mol. The summed E-state index contributed by atoms with van der Waals surface area (Å²) in [6, 6.07) is 21.5. The van der Waals surface area contributed by atoms with Gasteiger partial charge in [-0.2, -0.15) is 5.10 Å². The second-order valence-electron chi connectivity index (χ2n) is 8.48. The van der Waals surface area contributed by atoms with Gasteiger partial charge in [-0.05, 0) is 61.9 Å². The lowest BCUT2D eigenvalue weighted by Gasteiger charge is -2.21. The molecule has 3 rings (SSSR count). The summed E-state index contributed by atoms with van der Waals surface area (Å²) in [6.45, 7) is 5.73. The van der Waals surface area contributed by atoms with Gasteiger partial charge in [0.25, 0.3) is 11.8 Å². The van der Waals surface area contributed by atoms with E-state index in [1.807, 2.05) is 69.2 Å². The molecule has 0 heterocycles. The number of nitrogens with zero attached hydrogens (tertiary/aromatic N) is 3. The van der Waals surface area contributed by atoms with Crippen LogP contribution in [0.5, 0.6) is 5.75 Å². The highest BCUT2D eigenvalue weighted by Gasteiger charge is 2.14. The molecule has 3 N–H and O–H groups in total. The van der Waals surface area contributed by atoms with Gasteiger partial charge in [-0.15, -0.1) is 0 Å². The molecular weight excluding hydrogens is 466 g/mol. The highest BCUT2D eigenvalue weighted by Crippen LogP contribution is 2.23. The van der Waals surface area contributed by atoms with Crippen molar-refractivity contribution in [2.75, 3.05) is 37.0 Å². The number of phenolic OH excluding ortho intramolecular Hbond substituents is 1. The summed E-state index contributed by atoms with van der Waals surface area (Å²) in [4.78, 5) is 29.8. The Morgan fingerprint density at radius 1 is 0.919 bits per heavy atom. The summed E-state index contributed by atoms with van der Waals surface area (Å²) >= 11 is 0. The molecule has 0 radical (unpaired) electrons. The summed E-state index contributed by atoms with van der Waals surface area (Å²) in [5.41, 5.74) is 5.99. The summed E-state index contributed by atoms with van der Waals surface area (Å²) < 4.78 is 0. The van der Waals surface area contributed by atoms with Crippen LogP contribution < -0.4 is 20.5 Å². The average molecular weight is 500 g/mol. The molecule has 0 saturated carbocycles. The van der Waals surface area contributed by atoms with Crippen LogP contribution in [0, 0.1) is 0 Å². The fourth-order valence-electron chi connectivity index (χ4n) is 3.63. The molecule has 192 valence electrons. The lowest BCUT2D eigenvalue weighted by atomic mass is 10.1. The monoisotopic (exact) mass is 499 g/mol. The number of carbonyl (C=O) groups is 2. The molecule has 3 aromatic carbocycles. The van der Waals surface area contributed by atoms with Gasteiger partial charge in [-0.25, -0.2) is 5.43 Å². The second kappa shape index (κ2) is 12.9. The Balaban J connectivity index is 1.80. The van der Waals surface area contributed by atoms with E-state index in [4.69, 9.17) is 0 Å². The summed E-state index contributed by atoms with van der Waals surface area (Å²) in [5.74, 6) is -0.964. The number of rotatable bonds is 10. The molecule has 0 atom stereocenters. The Kier molecular flexibility index (Phi) is 9.43. The van der Waals surface area contributed by atoms with Gasteiger partial charge in [0.1, 0.15) is 11.4 Å². The van der Waals surface area contributed by atoms with Gasteiger partial charge in [0.05, 0.1) is 6.21 Å². The molecule has 0 spiro atoms. The number of amides is 2. The zero-order valence-corrected chi connectivity index (χ0v) is 21.6. The maximum Gasteiger partial charge on any atom is 0.287 e. The summed E-state index contributed by atoms with van der Waals surface area (Å²) in [6.07, 6.45) is 2.95. The highest BCUT2D eigenvalue weighted by molar-refractivity contribution is 6.05. The molecule has 8 nitrogen and oxygen atoms in total. The maximum atomic E-state index is 13.0. The van der Waals surface area contributed by atoms with Crippen molar-refractivity contribution in [2.45, 2.75) is 13.8 Å². The van der Waals surface area contributed by atoms with Crippen LogP contribution in [-0.4, -0.2) is 50.3 Å². The molecule has 0 fully saturated rings. The van der Waals surface area contributed by atoms with Gasteiger partial charge in [0, 0.05) is 55.8 Å². The summed E-state index contributed by atoms with van der Waals surface area (Å²) in [5, 5.41) is 17.1. The third-order valence-corrected chi connectivity index (χ3v) is 5.76. The molecule has 0 unspecified atom stereocenters. The van der Waals surface area contributed by atoms with E-state index < -0.39 is 11.8 Å². The Hall–Kier alpha value is -4.59. The first kappa shape index (κ1) is 27.0. The first-order valence-electron chi connectivity index (χ1n) is 12.1. The van der Waals surface area contributed by atoms with E-state index in [-0.39, 0.29) is 11.4 Å². The van der Waals surface area contributed by atoms with Crippen LogP contribution >= 0.6 is 0 Å². The number of hydrogen-bond acceptors (Lipinski definition) is 6. The van der Waals surface area contributed by atoms with Crippen molar-refractivity contribution in [3.05, 3.63) is 95.2 Å². The molecule has 0 aliphatic heterocycles. The van der Waals surface area contributed by atoms with Gasteiger partial charge in [-0.1, -0.05) is 30.3 Å². The van der Waals surface area contributed by atoms with Gasteiger partial charge < -0.3 is 20.2 Å². The van der Waals surface area contributed by atoms with E-state index in [1.165, 1.54) is 6.21 Å². The zero-order chi connectivity index (χ0) is 26.8. The summed E-state index contributed by atoms with van der Waals surface area (Å²) in [7, 11) is 3.88. The van der Waals surface area contributed by atoms with Crippen molar-refractivity contribution in [2.24, 2.45) is 5.10 Å². The first-order chi connectivity index (χ1) is 17.8. The average Bonchev–Trinajstić information content (AvgIpc) is 2.90. The van der Waals surface area contributed by atoms with E-state index >= 15 is 0 Å². The largest absolute Gasteiger partial charge is 0.507 e. The topological polar surface area (TPSA) is 97.3 Å². The number of phenols is 1. The molecule has 37 heavy (non-hydrogen) atoms. The van der Waals surface area contributed by atoms with Crippen LogP contribution in [0.4, 0.5) is 11.4 Å².